The molecule has 1 fully saturated rings. The molecule has 0 bridgehead atoms. The Morgan fingerprint density at radius 1 is 1.13 bits per heavy atom. The molecule has 2 aromatic carbocycles. The lowest BCUT2D eigenvalue weighted by atomic mass is 10.1. The standard InChI is InChI=1S/C19H21F3O6S2/c1-13(2)26-18(23)27-15-10-11-29(12-15,28-30(24,25)19(20,21)22)17-9-5-7-14-6-3-4-8-16(14)17/h3-9,13,15H,10-12H2,1-2H3. The van der Waals surface area contributed by atoms with Crippen LogP contribution in [-0.2, 0) is 23.2 Å². The van der Waals surface area contributed by atoms with Gasteiger partial charge in [-0.25, -0.2) is 8.42 Å². The molecule has 30 heavy (non-hydrogen) atoms. The van der Waals surface area contributed by atoms with Crippen LogP contribution in [0, 0.1) is 0 Å². The van der Waals surface area contributed by atoms with Crippen molar-refractivity contribution in [3.05, 3.63) is 42.5 Å². The quantitative estimate of drug-likeness (QED) is 0.450. The van der Waals surface area contributed by atoms with E-state index in [-0.39, 0.29) is 17.9 Å². The van der Waals surface area contributed by atoms with E-state index in [0.717, 1.165) is 5.39 Å². The molecule has 3 rings (SSSR count). The zero-order valence-corrected chi connectivity index (χ0v) is 17.9. The second kappa shape index (κ2) is 8.27. The van der Waals surface area contributed by atoms with Crippen LogP contribution in [0.3, 0.4) is 0 Å². The fourth-order valence-corrected chi connectivity index (χ4v) is 8.69. The Morgan fingerprint density at radius 3 is 2.47 bits per heavy atom. The van der Waals surface area contributed by atoms with Gasteiger partial charge < -0.3 is 9.47 Å². The summed E-state index contributed by atoms with van der Waals surface area (Å²) < 4.78 is 78.3. The molecule has 0 N–H and O–H groups in total. The molecule has 1 aliphatic heterocycles. The van der Waals surface area contributed by atoms with Crippen molar-refractivity contribution in [1.82, 2.24) is 0 Å². The zero-order valence-electron chi connectivity index (χ0n) is 16.2. The van der Waals surface area contributed by atoms with Gasteiger partial charge in [0.05, 0.1) is 6.10 Å². The van der Waals surface area contributed by atoms with Crippen molar-refractivity contribution >= 4 is 37.4 Å². The highest BCUT2D eigenvalue weighted by molar-refractivity contribution is 8.33. The normalized spacial score (nSPS) is 24.5. The molecule has 0 aromatic heterocycles. The van der Waals surface area contributed by atoms with Gasteiger partial charge in [-0.05, 0) is 37.1 Å². The average Bonchev–Trinajstić information content (AvgIpc) is 3.02. The monoisotopic (exact) mass is 466 g/mol. The van der Waals surface area contributed by atoms with E-state index in [1.807, 2.05) is 0 Å². The van der Waals surface area contributed by atoms with Gasteiger partial charge in [0.2, 0.25) is 0 Å². The Morgan fingerprint density at radius 2 is 1.80 bits per heavy atom. The first-order chi connectivity index (χ1) is 13.9. The maximum absolute atomic E-state index is 13.1. The van der Waals surface area contributed by atoms with Crippen molar-refractivity contribution < 1.29 is 39.5 Å². The molecule has 0 spiro atoms. The van der Waals surface area contributed by atoms with E-state index in [0.29, 0.717) is 10.3 Å². The van der Waals surface area contributed by atoms with Crippen molar-refractivity contribution in [2.45, 2.75) is 42.9 Å². The Hall–Kier alpha value is -1.98. The number of carbonyl (C=O) groups is 1. The lowest BCUT2D eigenvalue weighted by Gasteiger charge is -2.35. The summed E-state index contributed by atoms with van der Waals surface area (Å²) in [6.45, 7) is 3.25. The number of ether oxygens (including phenoxy) is 2. The minimum absolute atomic E-state index is 0.00402. The van der Waals surface area contributed by atoms with Crippen LogP contribution in [0.4, 0.5) is 18.0 Å². The molecular formula is C19H21F3O6S2. The van der Waals surface area contributed by atoms with Gasteiger partial charge in [0.25, 0.3) is 0 Å². The molecule has 2 aromatic rings. The molecule has 11 heteroatoms. The van der Waals surface area contributed by atoms with Crippen molar-refractivity contribution in [1.29, 1.82) is 0 Å². The van der Waals surface area contributed by atoms with Crippen molar-refractivity contribution in [3.8, 4) is 0 Å². The van der Waals surface area contributed by atoms with Gasteiger partial charge in [-0.1, -0.05) is 46.7 Å². The second-order valence-electron chi connectivity index (χ2n) is 7.07. The van der Waals surface area contributed by atoms with Gasteiger partial charge in [-0.15, -0.1) is 0 Å². The zero-order chi connectivity index (χ0) is 22.2. The van der Waals surface area contributed by atoms with Gasteiger partial charge in [0.15, 0.2) is 0 Å². The van der Waals surface area contributed by atoms with Crippen LogP contribution in [0.15, 0.2) is 47.4 Å². The summed E-state index contributed by atoms with van der Waals surface area (Å²) in [5.74, 6) is -0.181. The number of benzene rings is 2. The van der Waals surface area contributed by atoms with E-state index < -0.39 is 44.3 Å². The lowest BCUT2D eigenvalue weighted by molar-refractivity contribution is -0.0496. The highest BCUT2D eigenvalue weighted by Crippen LogP contribution is 2.65. The Balaban J connectivity index is 2.02. The van der Waals surface area contributed by atoms with Gasteiger partial charge in [-0.2, -0.15) is 21.6 Å². The summed E-state index contributed by atoms with van der Waals surface area (Å²) >= 11 is 0. The lowest BCUT2D eigenvalue weighted by Crippen LogP contribution is -2.29. The molecule has 1 aliphatic rings. The first-order valence-electron chi connectivity index (χ1n) is 9.10. The molecule has 2 unspecified atom stereocenters. The summed E-state index contributed by atoms with van der Waals surface area (Å²) in [5.41, 5.74) is -5.56. The largest absolute Gasteiger partial charge is 0.523 e. The predicted octanol–water partition coefficient (Wildman–Crippen LogP) is 5.12. The number of halogens is 3. The SMILES string of the molecule is CC(C)OC(=O)OC1CCS(OS(=O)(=O)C(F)(F)F)(c2cccc3ccccc23)C1. The second-order valence-corrected chi connectivity index (χ2v) is 11.8. The van der Waals surface area contributed by atoms with Gasteiger partial charge in [0, 0.05) is 16.4 Å². The molecule has 0 aliphatic carbocycles. The van der Waals surface area contributed by atoms with Crippen molar-refractivity contribution in [2.24, 2.45) is 0 Å². The summed E-state index contributed by atoms with van der Waals surface area (Å²) in [4.78, 5) is 12.2. The first-order valence-corrected chi connectivity index (χ1v) is 12.4. The highest BCUT2D eigenvalue weighted by Gasteiger charge is 2.53. The van der Waals surface area contributed by atoms with E-state index in [1.165, 1.54) is 0 Å². The van der Waals surface area contributed by atoms with Crippen LogP contribution >= 0.6 is 10.3 Å². The fourth-order valence-electron chi connectivity index (χ4n) is 3.27. The van der Waals surface area contributed by atoms with Crippen LogP contribution in [0.2, 0.25) is 0 Å². The third-order valence-electron chi connectivity index (χ3n) is 4.47. The van der Waals surface area contributed by atoms with Gasteiger partial charge in [-0.3, -0.25) is 0 Å². The number of rotatable bonds is 5. The number of hydrogen-bond acceptors (Lipinski definition) is 6. The summed E-state index contributed by atoms with van der Waals surface area (Å²) in [7, 11) is -8.83. The van der Waals surface area contributed by atoms with Crippen molar-refractivity contribution in [3.63, 3.8) is 0 Å². The van der Waals surface area contributed by atoms with Gasteiger partial charge in [0.1, 0.15) is 6.10 Å². The number of alkyl halides is 3. The maximum atomic E-state index is 13.1. The fraction of sp³-hybridized carbons (Fsp3) is 0.421. The topological polar surface area (TPSA) is 78.9 Å². The van der Waals surface area contributed by atoms with Crippen LogP contribution < -0.4 is 0 Å². The van der Waals surface area contributed by atoms with E-state index >= 15 is 0 Å². The molecule has 166 valence electrons. The predicted molar refractivity (Wildman–Crippen MR) is 107 cm³/mol. The van der Waals surface area contributed by atoms with Crippen molar-refractivity contribution in [2.75, 3.05) is 11.5 Å². The van der Waals surface area contributed by atoms with E-state index in [1.54, 1.807) is 56.3 Å². The van der Waals surface area contributed by atoms with E-state index in [4.69, 9.17) is 13.1 Å². The molecule has 0 radical (unpaired) electrons. The maximum Gasteiger partial charge on any atom is 0.523 e. The summed E-state index contributed by atoms with van der Waals surface area (Å²) in [6.07, 6.45) is -2.06. The summed E-state index contributed by atoms with van der Waals surface area (Å²) in [5, 5.41) is 1.33. The van der Waals surface area contributed by atoms with Crippen LogP contribution in [-0.4, -0.2) is 43.8 Å². The van der Waals surface area contributed by atoms with Crippen LogP contribution in [0.5, 0.6) is 0 Å². The molecule has 6 nitrogen and oxygen atoms in total. The molecule has 1 heterocycles. The van der Waals surface area contributed by atoms with E-state index in [2.05, 4.69) is 0 Å². The molecule has 0 saturated carbocycles. The Labute approximate surface area is 173 Å². The van der Waals surface area contributed by atoms with Gasteiger partial charge >= 0.3 is 21.8 Å². The first kappa shape index (κ1) is 22.7. The minimum atomic E-state index is -5.86. The Bertz CT molecular complexity index is 1030. The van der Waals surface area contributed by atoms with E-state index in [9.17, 15) is 26.4 Å². The Kier molecular flexibility index (Phi) is 6.26. The molecule has 1 saturated heterocycles. The number of hydrogen-bond donors (Lipinski definition) is 0. The molecule has 0 amide bonds. The third-order valence-corrected chi connectivity index (χ3v) is 9.76. The summed E-state index contributed by atoms with van der Waals surface area (Å²) in [6, 6.07) is 11.9. The minimum Gasteiger partial charge on any atom is -0.432 e. The van der Waals surface area contributed by atoms with Crippen LogP contribution in [0.25, 0.3) is 10.8 Å². The molecule has 2 atom stereocenters. The van der Waals surface area contributed by atoms with Crippen LogP contribution in [0.1, 0.15) is 20.3 Å². The average molecular weight is 466 g/mol. The number of carbonyl (C=O) groups excluding carboxylic acids is 1. The number of fused-ring (bicyclic) bond motifs is 1. The third kappa shape index (κ3) is 4.68. The highest BCUT2D eigenvalue weighted by atomic mass is 32.3. The molecular weight excluding hydrogens is 445 g/mol. The smallest absolute Gasteiger partial charge is 0.432 e.